The van der Waals surface area contributed by atoms with Gasteiger partial charge in [-0.05, 0) is 32.4 Å². The number of aryl methyl sites for hydroxylation is 2. The molecule has 0 saturated heterocycles. The van der Waals surface area contributed by atoms with Crippen LogP contribution >= 0.6 is 11.3 Å². The lowest BCUT2D eigenvalue weighted by Gasteiger charge is -2.14. The number of hydrogen-bond acceptors (Lipinski definition) is 5. The lowest BCUT2D eigenvalue weighted by atomic mass is 10.0. The maximum absolute atomic E-state index is 12.1. The quantitative estimate of drug-likeness (QED) is 0.852. The van der Waals surface area contributed by atoms with E-state index >= 15 is 0 Å². The molecule has 5 nitrogen and oxygen atoms in total. The summed E-state index contributed by atoms with van der Waals surface area (Å²) in [5.74, 6) is -0.171. The summed E-state index contributed by atoms with van der Waals surface area (Å²) < 4.78 is 0. The van der Waals surface area contributed by atoms with Crippen LogP contribution in [-0.2, 0) is 6.42 Å². The van der Waals surface area contributed by atoms with Crippen molar-refractivity contribution >= 4 is 17.2 Å². The van der Waals surface area contributed by atoms with Gasteiger partial charge in [-0.1, -0.05) is 6.07 Å². The second-order valence-corrected chi connectivity index (χ2v) is 6.13. The van der Waals surface area contributed by atoms with Crippen LogP contribution in [0.1, 0.15) is 26.1 Å². The maximum atomic E-state index is 12.1. The van der Waals surface area contributed by atoms with Crippen molar-refractivity contribution in [1.82, 2.24) is 15.3 Å². The fourth-order valence-electron chi connectivity index (χ4n) is 2.08. The Kier molecular flexibility index (Phi) is 5.41. The van der Waals surface area contributed by atoms with Crippen molar-refractivity contribution in [1.29, 1.82) is 0 Å². The molecule has 1 unspecified atom stereocenters. The second-order valence-electron chi connectivity index (χ2n) is 4.93. The summed E-state index contributed by atoms with van der Waals surface area (Å²) in [6, 6.07) is 5.69. The van der Waals surface area contributed by atoms with Gasteiger partial charge < -0.3 is 10.4 Å². The number of pyridine rings is 1. The third-order valence-electron chi connectivity index (χ3n) is 3.14. The average molecular weight is 305 g/mol. The standard InChI is InChI=1S/C15H19N3O2S/c1-10-14(21-11(2)18-10)15(20)17-8-12(9-19)7-13-5-3-4-6-16-13/h3-6,12,19H,7-9H2,1-2H3,(H,17,20). The third-order valence-corrected chi connectivity index (χ3v) is 4.21. The Morgan fingerprint density at radius 2 is 2.24 bits per heavy atom. The second kappa shape index (κ2) is 7.28. The molecule has 0 aromatic carbocycles. The summed E-state index contributed by atoms with van der Waals surface area (Å²) in [5.41, 5.74) is 1.66. The molecule has 0 fully saturated rings. The van der Waals surface area contributed by atoms with Gasteiger partial charge in [0.05, 0.1) is 10.7 Å². The van der Waals surface area contributed by atoms with Crippen LogP contribution in [0.15, 0.2) is 24.4 Å². The van der Waals surface area contributed by atoms with E-state index in [1.165, 1.54) is 11.3 Å². The van der Waals surface area contributed by atoms with Crippen LogP contribution in [-0.4, -0.2) is 34.1 Å². The molecule has 1 atom stereocenters. The highest BCUT2D eigenvalue weighted by atomic mass is 32.1. The van der Waals surface area contributed by atoms with Crippen molar-refractivity contribution in [2.45, 2.75) is 20.3 Å². The van der Waals surface area contributed by atoms with Crippen LogP contribution in [0.2, 0.25) is 0 Å². The molecule has 0 spiro atoms. The van der Waals surface area contributed by atoms with Crippen LogP contribution < -0.4 is 5.32 Å². The fourth-order valence-corrected chi connectivity index (χ4v) is 2.91. The number of aromatic nitrogens is 2. The highest BCUT2D eigenvalue weighted by Gasteiger charge is 2.16. The van der Waals surface area contributed by atoms with Crippen molar-refractivity contribution < 1.29 is 9.90 Å². The zero-order valence-corrected chi connectivity index (χ0v) is 13.0. The molecule has 112 valence electrons. The minimum Gasteiger partial charge on any atom is -0.396 e. The minimum absolute atomic E-state index is 0.0115. The normalized spacial score (nSPS) is 12.1. The molecule has 2 N–H and O–H groups in total. The molecule has 2 aromatic heterocycles. The van der Waals surface area contributed by atoms with Gasteiger partial charge in [0.2, 0.25) is 0 Å². The van der Waals surface area contributed by atoms with Gasteiger partial charge in [-0.2, -0.15) is 0 Å². The van der Waals surface area contributed by atoms with Crippen molar-refractivity contribution in [3.63, 3.8) is 0 Å². The number of aliphatic hydroxyl groups is 1. The Hall–Kier alpha value is -1.79. The van der Waals surface area contributed by atoms with Gasteiger partial charge in [-0.15, -0.1) is 11.3 Å². The zero-order chi connectivity index (χ0) is 15.2. The lowest BCUT2D eigenvalue weighted by molar-refractivity contribution is 0.0943. The smallest absolute Gasteiger partial charge is 0.263 e. The van der Waals surface area contributed by atoms with E-state index in [-0.39, 0.29) is 18.4 Å². The Balaban J connectivity index is 1.91. The van der Waals surface area contributed by atoms with Gasteiger partial charge >= 0.3 is 0 Å². The van der Waals surface area contributed by atoms with Crippen molar-refractivity contribution in [3.05, 3.63) is 45.7 Å². The van der Waals surface area contributed by atoms with Crippen LogP contribution in [0, 0.1) is 19.8 Å². The molecule has 2 aromatic rings. The largest absolute Gasteiger partial charge is 0.396 e. The summed E-state index contributed by atoms with van der Waals surface area (Å²) in [5, 5.41) is 13.2. The molecule has 21 heavy (non-hydrogen) atoms. The molecule has 2 rings (SSSR count). The molecule has 0 aliphatic carbocycles. The van der Waals surface area contributed by atoms with E-state index in [4.69, 9.17) is 0 Å². The maximum Gasteiger partial charge on any atom is 0.263 e. The molecular formula is C15H19N3O2S. The molecule has 0 aliphatic heterocycles. The molecule has 0 aliphatic rings. The Labute approximate surface area is 128 Å². The first-order valence-corrected chi connectivity index (χ1v) is 7.64. The predicted octanol–water partition coefficient (Wildman–Crippen LogP) is 1.74. The topological polar surface area (TPSA) is 75.1 Å². The van der Waals surface area contributed by atoms with Gasteiger partial charge in [-0.3, -0.25) is 9.78 Å². The van der Waals surface area contributed by atoms with Crippen LogP contribution in [0.25, 0.3) is 0 Å². The Morgan fingerprint density at radius 1 is 1.43 bits per heavy atom. The average Bonchev–Trinajstić information content (AvgIpc) is 2.83. The van der Waals surface area contributed by atoms with Crippen LogP contribution in [0.4, 0.5) is 0 Å². The summed E-state index contributed by atoms with van der Waals surface area (Å²) in [6.07, 6.45) is 2.37. The molecule has 0 radical (unpaired) electrons. The summed E-state index contributed by atoms with van der Waals surface area (Å²) in [4.78, 5) is 21.2. The highest BCUT2D eigenvalue weighted by Crippen LogP contribution is 2.17. The molecule has 2 heterocycles. The lowest BCUT2D eigenvalue weighted by Crippen LogP contribution is -2.31. The number of aliphatic hydroxyl groups excluding tert-OH is 1. The van der Waals surface area contributed by atoms with Gasteiger partial charge in [0, 0.05) is 31.0 Å². The molecular weight excluding hydrogens is 286 g/mol. The first-order valence-electron chi connectivity index (χ1n) is 6.83. The van der Waals surface area contributed by atoms with E-state index in [1.54, 1.807) is 6.20 Å². The monoisotopic (exact) mass is 305 g/mol. The molecule has 6 heteroatoms. The van der Waals surface area contributed by atoms with Crippen molar-refractivity contribution in [2.24, 2.45) is 5.92 Å². The number of hydrogen-bond donors (Lipinski definition) is 2. The van der Waals surface area contributed by atoms with Crippen molar-refractivity contribution in [3.8, 4) is 0 Å². The van der Waals surface area contributed by atoms with E-state index in [0.717, 1.165) is 16.4 Å². The highest BCUT2D eigenvalue weighted by molar-refractivity contribution is 7.13. The van der Waals surface area contributed by atoms with E-state index in [0.29, 0.717) is 17.8 Å². The van der Waals surface area contributed by atoms with E-state index < -0.39 is 0 Å². The SMILES string of the molecule is Cc1nc(C)c(C(=O)NCC(CO)Cc2ccccn2)s1. The third kappa shape index (κ3) is 4.34. The number of rotatable bonds is 6. The van der Waals surface area contributed by atoms with Gasteiger partial charge in [0.1, 0.15) is 4.88 Å². The van der Waals surface area contributed by atoms with Crippen LogP contribution in [0.3, 0.4) is 0 Å². The minimum atomic E-state index is -0.127. The number of nitrogens with zero attached hydrogens (tertiary/aromatic N) is 2. The number of thiazole rings is 1. The first kappa shape index (κ1) is 15.6. The van der Waals surface area contributed by atoms with Crippen molar-refractivity contribution in [2.75, 3.05) is 13.2 Å². The Bertz CT molecular complexity index is 598. The number of amides is 1. The summed E-state index contributed by atoms with van der Waals surface area (Å²) in [7, 11) is 0. The van der Waals surface area contributed by atoms with E-state index in [2.05, 4.69) is 15.3 Å². The zero-order valence-electron chi connectivity index (χ0n) is 12.2. The predicted molar refractivity (Wildman–Crippen MR) is 82.4 cm³/mol. The van der Waals surface area contributed by atoms with Gasteiger partial charge in [0.15, 0.2) is 0 Å². The fraction of sp³-hybridized carbons (Fsp3) is 0.400. The van der Waals surface area contributed by atoms with Gasteiger partial charge in [-0.25, -0.2) is 4.98 Å². The molecule has 0 bridgehead atoms. The van der Waals surface area contributed by atoms with E-state index in [1.807, 2.05) is 32.0 Å². The summed E-state index contributed by atoms with van der Waals surface area (Å²) in [6.45, 7) is 4.14. The Morgan fingerprint density at radius 3 is 2.81 bits per heavy atom. The van der Waals surface area contributed by atoms with Crippen LogP contribution in [0.5, 0.6) is 0 Å². The van der Waals surface area contributed by atoms with Gasteiger partial charge in [0.25, 0.3) is 5.91 Å². The van der Waals surface area contributed by atoms with E-state index in [9.17, 15) is 9.90 Å². The number of carbonyl (C=O) groups is 1. The number of carbonyl (C=O) groups excluding carboxylic acids is 1. The molecule has 1 amide bonds. The molecule has 0 saturated carbocycles. The number of nitrogens with one attached hydrogen (secondary N) is 1. The first-order chi connectivity index (χ1) is 10.1. The summed E-state index contributed by atoms with van der Waals surface area (Å²) >= 11 is 1.39.